The van der Waals surface area contributed by atoms with Gasteiger partial charge < -0.3 is 9.84 Å². The van der Waals surface area contributed by atoms with Crippen molar-refractivity contribution in [3.8, 4) is 0 Å². The molecular formula is C16H18ClNO6S. The molecule has 7 nitrogen and oxygen atoms in total. The van der Waals surface area contributed by atoms with Gasteiger partial charge in [-0.3, -0.25) is 4.79 Å². The zero-order valence-electron chi connectivity index (χ0n) is 13.6. The number of halogens is 1. The summed E-state index contributed by atoms with van der Waals surface area (Å²) in [5.74, 6) is -1.98. The van der Waals surface area contributed by atoms with E-state index in [1.165, 1.54) is 18.2 Å². The van der Waals surface area contributed by atoms with E-state index >= 15 is 0 Å². The third-order valence-corrected chi connectivity index (χ3v) is 7.32. The number of carboxylic acid groups (broad SMARTS) is 1. The van der Waals surface area contributed by atoms with Gasteiger partial charge in [0.2, 0.25) is 10.0 Å². The molecule has 1 aromatic carbocycles. The van der Waals surface area contributed by atoms with Crippen LogP contribution in [-0.2, 0) is 19.6 Å². The number of aliphatic carboxylic acids is 1. The minimum atomic E-state index is -4.08. The van der Waals surface area contributed by atoms with Crippen molar-refractivity contribution in [2.24, 2.45) is 11.3 Å². The summed E-state index contributed by atoms with van der Waals surface area (Å²) in [6.07, 6.45) is 1.91. The maximum atomic E-state index is 13.1. The molecule has 0 spiro atoms. The summed E-state index contributed by atoms with van der Waals surface area (Å²) in [7, 11) is -2.92. The van der Waals surface area contributed by atoms with E-state index in [2.05, 4.69) is 4.74 Å². The van der Waals surface area contributed by atoms with Crippen LogP contribution >= 0.6 is 11.6 Å². The Balaban J connectivity index is 2.03. The molecule has 2 aliphatic rings. The number of hydrogen-bond donors (Lipinski definition) is 1. The van der Waals surface area contributed by atoms with Crippen LogP contribution in [0.2, 0.25) is 5.02 Å². The molecule has 1 heterocycles. The molecule has 1 aromatic rings. The molecule has 1 saturated carbocycles. The first-order chi connectivity index (χ1) is 11.7. The fraction of sp³-hybridized carbons (Fsp3) is 0.500. The van der Waals surface area contributed by atoms with Gasteiger partial charge in [0, 0.05) is 18.1 Å². The summed E-state index contributed by atoms with van der Waals surface area (Å²) in [5, 5.41) is 9.80. The second kappa shape index (κ2) is 6.26. The summed E-state index contributed by atoms with van der Waals surface area (Å²) in [5.41, 5.74) is -1.16. The first-order valence-electron chi connectivity index (χ1n) is 7.84. The Morgan fingerprint density at radius 3 is 2.72 bits per heavy atom. The molecule has 0 amide bonds. The van der Waals surface area contributed by atoms with Gasteiger partial charge in [-0.05, 0) is 37.0 Å². The predicted molar refractivity (Wildman–Crippen MR) is 89.0 cm³/mol. The van der Waals surface area contributed by atoms with Gasteiger partial charge in [0.15, 0.2) is 0 Å². The zero-order valence-corrected chi connectivity index (χ0v) is 15.1. The molecule has 1 saturated heterocycles. The van der Waals surface area contributed by atoms with Gasteiger partial charge in [-0.2, -0.15) is 4.31 Å². The second-order valence-electron chi connectivity index (χ2n) is 6.48. The summed E-state index contributed by atoms with van der Waals surface area (Å²) in [6.45, 7) is 0.0320. The number of ether oxygens (including phenoxy) is 1. The minimum absolute atomic E-state index is 0.0948. The molecule has 0 aromatic heterocycles. The van der Waals surface area contributed by atoms with Crippen LogP contribution in [0.4, 0.5) is 0 Å². The average molecular weight is 388 g/mol. The fourth-order valence-corrected chi connectivity index (χ4v) is 5.90. The molecule has 1 N–H and O–H groups in total. The van der Waals surface area contributed by atoms with Crippen LogP contribution in [0.5, 0.6) is 0 Å². The number of nitrogens with zero attached hydrogens (tertiary/aromatic N) is 1. The number of hydrogen-bond acceptors (Lipinski definition) is 5. The predicted octanol–water partition coefficient (Wildman–Crippen LogP) is 2.00. The monoisotopic (exact) mass is 387 g/mol. The first kappa shape index (κ1) is 18.2. The Bertz CT molecular complexity index is 839. The molecule has 0 unspecified atom stereocenters. The Hall–Kier alpha value is -1.64. The molecule has 9 heteroatoms. The van der Waals surface area contributed by atoms with Crippen molar-refractivity contribution in [2.45, 2.75) is 24.2 Å². The Morgan fingerprint density at radius 1 is 1.40 bits per heavy atom. The molecule has 1 aliphatic heterocycles. The minimum Gasteiger partial charge on any atom is -0.481 e. The Labute approximate surface area is 150 Å². The van der Waals surface area contributed by atoms with Crippen LogP contribution in [-0.4, -0.2) is 50.0 Å². The molecule has 25 heavy (non-hydrogen) atoms. The van der Waals surface area contributed by atoms with Crippen molar-refractivity contribution < 1.29 is 27.9 Å². The van der Waals surface area contributed by atoms with Crippen LogP contribution in [0.25, 0.3) is 0 Å². The smallest absolute Gasteiger partial charge is 0.339 e. The maximum absolute atomic E-state index is 13.1. The standard InChI is InChI=1S/C16H18ClNO6S/c1-24-14(19)12-5-4-11(17)7-13(12)25(22,23)18-8-10-3-2-6-16(10,9-18)15(20)21/h4-5,7,10H,2-3,6,8-9H2,1H3,(H,20,21)/t10-,16+/m0/s1. The van der Waals surface area contributed by atoms with Gasteiger partial charge in [-0.15, -0.1) is 0 Å². The SMILES string of the molecule is COC(=O)c1ccc(Cl)cc1S(=O)(=O)N1C[C@@H]2CCC[C@@]2(C(=O)O)C1. The topological polar surface area (TPSA) is 101 Å². The lowest BCUT2D eigenvalue weighted by atomic mass is 9.81. The molecule has 2 fully saturated rings. The highest BCUT2D eigenvalue weighted by Crippen LogP contribution is 2.50. The number of rotatable bonds is 4. The summed E-state index contributed by atoms with van der Waals surface area (Å²) >= 11 is 5.92. The van der Waals surface area contributed by atoms with Crippen LogP contribution in [0.15, 0.2) is 23.1 Å². The lowest BCUT2D eigenvalue weighted by Crippen LogP contribution is -2.37. The largest absolute Gasteiger partial charge is 0.481 e. The number of carbonyl (C=O) groups excluding carboxylic acids is 1. The second-order valence-corrected chi connectivity index (χ2v) is 8.82. The van der Waals surface area contributed by atoms with Crippen LogP contribution in [0, 0.1) is 11.3 Å². The van der Waals surface area contributed by atoms with Gasteiger partial charge in [0.25, 0.3) is 0 Å². The molecule has 136 valence electrons. The molecule has 0 bridgehead atoms. The van der Waals surface area contributed by atoms with Crippen LogP contribution in [0.3, 0.4) is 0 Å². The average Bonchev–Trinajstić information content (AvgIpc) is 3.12. The van der Waals surface area contributed by atoms with Crippen molar-refractivity contribution in [3.63, 3.8) is 0 Å². The number of methoxy groups -OCH3 is 1. The van der Waals surface area contributed by atoms with E-state index in [4.69, 9.17) is 11.6 Å². The maximum Gasteiger partial charge on any atom is 0.339 e. The number of carbonyl (C=O) groups is 2. The molecule has 2 atom stereocenters. The molecular weight excluding hydrogens is 370 g/mol. The van der Waals surface area contributed by atoms with E-state index < -0.39 is 27.4 Å². The molecule has 1 aliphatic carbocycles. The van der Waals surface area contributed by atoms with Gasteiger partial charge >= 0.3 is 11.9 Å². The van der Waals surface area contributed by atoms with Gasteiger partial charge in [0.05, 0.1) is 23.0 Å². The highest BCUT2D eigenvalue weighted by molar-refractivity contribution is 7.89. The Morgan fingerprint density at radius 2 is 2.12 bits per heavy atom. The van der Waals surface area contributed by atoms with Crippen molar-refractivity contribution in [1.29, 1.82) is 0 Å². The van der Waals surface area contributed by atoms with Crippen molar-refractivity contribution >= 4 is 33.6 Å². The molecule has 0 radical (unpaired) electrons. The lowest BCUT2D eigenvalue weighted by molar-refractivity contribution is -0.149. The van der Waals surface area contributed by atoms with Crippen molar-refractivity contribution in [3.05, 3.63) is 28.8 Å². The summed E-state index contributed by atoms with van der Waals surface area (Å²) in [6, 6.07) is 3.90. The van der Waals surface area contributed by atoms with E-state index in [1.54, 1.807) is 0 Å². The van der Waals surface area contributed by atoms with E-state index in [-0.39, 0.29) is 34.5 Å². The highest BCUT2D eigenvalue weighted by atomic mass is 35.5. The number of sulfonamides is 1. The quantitative estimate of drug-likeness (QED) is 0.793. The van der Waals surface area contributed by atoms with Gasteiger partial charge in [0.1, 0.15) is 0 Å². The Kier molecular flexibility index (Phi) is 4.55. The molecule has 3 rings (SSSR count). The number of esters is 1. The fourth-order valence-electron chi connectivity index (χ4n) is 3.90. The van der Waals surface area contributed by atoms with Gasteiger partial charge in [-0.1, -0.05) is 18.0 Å². The van der Waals surface area contributed by atoms with Gasteiger partial charge in [-0.25, -0.2) is 13.2 Å². The van der Waals surface area contributed by atoms with E-state index in [0.29, 0.717) is 12.8 Å². The first-order valence-corrected chi connectivity index (χ1v) is 9.65. The zero-order chi connectivity index (χ0) is 18.4. The third-order valence-electron chi connectivity index (χ3n) is 5.23. The number of fused-ring (bicyclic) bond motifs is 1. The van der Waals surface area contributed by atoms with E-state index in [0.717, 1.165) is 17.8 Å². The highest BCUT2D eigenvalue weighted by Gasteiger charge is 2.57. The van der Waals surface area contributed by atoms with Crippen LogP contribution < -0.4 is 0 Å². The number of carboxylic acids is 1. The van der Waals surface area contributed by atoms with E-state index in [9.17, 15) is 23.1 Å². The van der Waals surface area contributed by atoms with E-state index in [1.807, 2.05) is 0 Å². The lowest BCUT2D eigenvalue weighted by Gasteiger charge is -2.23. The summed E-state index contributed by atoms with van der Waals surface area (Å²) in [4.78, 5) is 23.4. The third kappa shape index (κ3) is 2.82. The summed E-state index contributed by atoms with van der Waals surface area (Å²) < 4.78 is 32.0. The van der Waals surface area contributed by atoms with Crippen molar-refractivity contribution in [2.75, 3.05) is 20.2 Å². The normalized spacial score (nSPS) is 26.4. The number of benzene rings is 1. The van der Waals surface area contributed by atoms with Crippen molar-refractivity contribution in [1.82, 2.24) is 4.31 Å². The van der Waals surface area contributed by atoms with Crippen LogP contribution in [0.1, 0.15) is 29.6 Å².